The van der Waals surface area contributed by atoms with E-state index >= 15 is 0 Å². The number of hydrogen-bond acceptors (Lipinski definition) is 1. The van der Waals surface area contributed by atoms with Gasteiger partial charge in [0.2, 0.25) is 5.92 Å². The fraction of sp³-hybridized carbons (Fsp3) is 0.600. The van der Waals surface area contributed by atoms with Crippen LogP contribution in [0.1, 0.15) is 31.2 Å². The third-order valence-corrected chi connectivity index (χ3v) is 3.89. The Hall–Kier alpha value is -0.830. The third-order valence-electron chi connectivity index (χ3n) is 3.63. The molecule has 0 radical (unpaired) electrons. The predicted molar refractivity (Wildman–Crippen MR) is 76.3 cm³/mol. The molecule has 1 atom stereocenters. The average Bonchev–Trinajstić information content (AvgIpc) is 2.74. The maximum Gasteiger partial charge on any atom is 0.248 e. The van der Waals surface area contributed by atoms with Gasteiger partial charge in [-0.15, -0.1) is 11.6 Å². The molecule has 1 nitrogen and oxygen atoms in total. The quantitative estimate of drug-likeness (QED) is 0.748. The molecule has 4 heteroatoms. The molecule has 1 aromatic rings. The maximum atomic E-state index is 13.1. The molecular formula is C15H20ClF2N. The summed E-state index contributed by atoms with van der Waals surface area (Å²) in [6.07, 6.45) is 2.59. The van der Waals surface area contributed by atoms with Crippen molar-refractivity contribution in [3.63, 3.8) is 0 Å². The van der Waals surface area contributed by atoms with E-state index in [4.69, 9.17) is 11.6 Å². The molecule has 0 spiro atoms. The number of hydrogen-bond donors (Lipinski definition) is 1. The summed E-state index contributed by atoms with van der Waals surface area (Å²) in [5.74, 6) is -1.70. The van der Waals surface area contributed by atoms with Crippen molar-refractivity contribution in [2.24, 2.45) is 5.92 Å². The second-order valence-corrected chi connectivity index (χ2v) is 5.72. The first-order chi connectivity index (χ1) is 9.09. The number of halogens is 3. The summed E-state index contributed by atoms with van der Waals surface area (Å²) in [6.45, 7) is 0.633. The van der Waals surface area contributed by atoms with Gasteiger partial charge in [-0.2, -0.15) is 0 Å². The van der Waals surface area contributed by atoms with E-state index in [1.165, 1.54) is 5.56 Å². The number of benzene rings is 1. The molecule has 1 fully saturated rings. The number of alkyl halides is 3. The molecule has 1 aliphatic carbocycles. The highest BCUT2D eigenvalue weighted by Crippen LogP contribution is 2.38. The minimum Gasteiger partial charge on any atom is -0.385 e. The van der Waals surface area contributed by atoms with Gasteiger partial charge in [-0.3, -0.25) is 0 Å². The molecule has 0 heterocycles. The maximum absolute atomic E-state index is 13.1. The van der Waals surface area contributed by atoms with Gasteiger partial charge in [0.25, 0.3) is 0 Å². The molecule has 0 bridgehead atoms. The molecule has 2 rings (SSSR count). The van der Waals surface area contributed by atoms with Crippen molar-refractivity contribution in [2.75, 3.05) is 17.7 Å². The van der Waals surface area contributed by atoms with Crippen LogP contribution in [0.25, 0.3) is 0 Å². The Morgan fingerprint density at radius 3 is 2.89 bits per heavy atom. The third kappa shape index (κ3) is 4.64. The molecule has 1 saturated carbocycles. The summed E-state index contributed by atoms with van der Waals surface area (Å²) in [7, 11) is 0. The van der Waals surface area contributed by atoms with Gasteiger partial charge in [0.15, 0.2) is 0 Å². The van der Waals surface area contributed by atoms with E-state index in [2.05, 4.69) is 17.4 Å². The van der Waals surface area contributed by atoms with Crippen LogP contribution in [0, 0.1) is 5.92 Å². The monoisotopic (exact) mass is 287 g/mol. The van der Waals surface area contributed by atoms with E-state index in [-0.39, 0.29) is 18.8 Å². The highest BCUT2D eigenvalue weighted by Gasteiger charge is 2.38. The fourth-order valence-corrected chi connectivity index (χ4v) is 2.72. The molecule has 0 aliphatic heterocycles. The van der Waals surface area contributed by atoms with Gasteiger partial charge in [-0.05, 0) is 42.9 Å². The van der Waals surface area contributed by atoms with Crippen LogP contribution in [0.2, 0.25) is 0 Å². The van der Waals surface area contributed by atoms with Gasteiger partial charge >= 0.3 is 0 Å². The van der Waals surface area contributed by atoms with Gasteiger partial charge in [0, 0.05) is 31.0 Å². The van der Waals surface area contributed by atoms with Crippen molar-refractivity contribution in [1.82, 2.24) is 0 Å². The SMILES string of the molecule is FC1(F)CCC(CNc2cccc(CCCCl)c2)C1. The highest BCUT2D eigenvalue weighted by atomic mass is 35.5. The molecule has 1 aromatic carbocycles. The average molecular weight is 288 g/mol. The predicted octanol–water partition coefficient (Wildman–Crippen LogP) is 4.71. The molecule has 0 saturated heterocycles. The lowest BCUT2D eigenvalue weighted by Gasteiger charge is -2.13. The van der Waals surface area contributed by atoms with Gasteiger partial charge < -0.3 is 5.32 Å². The minimum absolute atomic E-state index is 0.0198. The van der Waals surface area contributed by atoms with Crippen molar-refractivity contribution in [3.8, 4) is 0 Å². The summed E-state index contributed by atoms with van der Waals surface area (Å²) in [5.41, 5.74) is 2.25. The summed E-state index contributed by atoms with van der Waals surface area (Å²) < 4.78 is 26.2. The van der Waals surface area contributed by atoms with E-state index < -0.39 is 5.92 Å². The fourth-order valence-electron chi connectivity index (χ4n) is 2.59. The van der Waals surface area contributed by atoms with Crippen molar-refractivity contribution in [3.05, 3.63) is 29.8 Å². The lowest BCUT2D eigenvalue weighted by atomic mass is 10.1. The van der Waals surface area contributed by atoms with Crippen LogP contribution >= 0.6 is 11.6 Å². The van der Waals surface area contributed by atoms with Gasteiger partial charge in [-0.1, -0.05) is 12.1 Å². The van der Waals surface area contributed by atoms with Crippen molar-refractivity contribution in [1.29, 1.82) is 0 Å². The molecule has 1 N–H and O–H groups in total. The van der Waals surface area contributed by atoms with Crippen LogP contribution in [-0.2, 0) is 6.42 Å². The first kappa shape index (κ1) is 14.6. The molecule has 0 amide bonds. The van der Waals surface area contributed by atoms with Crippen molar-refractivity contribution < 1.29 is 8.78 Å². The molecule has 0 aromatic heterocycles. The van der Waals surface area contributed by atoms with E-state index in [1.54, 1.807) is 0 Å². The van der Waals surface area contributed by atoms with Crippen LogP contribution < -0.4 is 5.32 Å². The Kier molecular flexibility index (Phi) is 5.03. The summed E-state index contributed by atoms with van der Waals surface area (Å²) in [6, 6.07) is 8.13. The number of aryl methyl sites for hydroxylation is 1. The smallest absolute Gasteiger partial charge is 0.248 e. The second kappa shape index (κ2) is 6.56. The molecule has 1 aliphatic rings. The summed E-state index contributed by atoms with van der Waals surface area (Å²) >= 11 is 5.68. The molecule has 19 heavy (non-hydrogen) atoms. The Morgan fingerprint density at radius 2 is 2.21 bits per heavy atom. The van der Waals surface area contributed by atoms with Crippen LogP contribution in [0.15, 0.2) is 24.3 Å². The van der Waals surface area contributed by atoms with E-state index in [1.807, 2.05) is 12.1 Å². The van der Waals surface area contributed by atoms with Gasteiger partial charge in [-0.25, -0.2) is 8.78 Å². The molecular weight excluding hydrogens is 268 g/mol. The molecule has 106 valence electrons. The van der Waals surface area contributed by atoms with Crippen molar-refractivity contribution in [2.45, 2.75) is 38.0 Å². The van der Waals surface area contributed by atoms with Gasteiger partial charge in [0.05, 0.1) is 0 Å². The Labute approximate surface area is 118 Å². The minimum atomic E-state index is -2.45. The standard InChI is InChI=1S/C15H20ClF2N/c16-8-2-4-12-3-1-5-14(9-12)19-11-13-6-7-15(17,18)10-13/h1,3,5,9,13,19H,2,4,6-8,10-11H2. The zero-order valence-corrected chi connectivity index (χ0v) is 11.7. The summed E-state index contributed by atoms with van der Waals surface area (Å²) in [4.78, 5) is 0. The number of anilines is 1. The number of nitrogens with one attached hydrogen (secondary N) is 1. The zero-order chi connectivity index (χ0) is 13.7. The van der Waals surface area contributed by atoms with Crippen molar-refractivity contribution >= 4 is 17.3 Å². The largest absolute Gasteiger partial charge is 0.385 e. The first-order valence-electron chi connectivity index (χ1n) is 6.86. The Morgan fingerprint density at radius 1 is 1.37 bits per heavy atom. The Bertz CT molecular complexity index is 409. The van der Waals surface area contributed by atoms with Crippen LogP contribution in [0.5, 0.6) is 0 Å². The first-order valence-corrected chi connectivity index (χ1v) is 7.39. The topological polar surface area (TPSA) is 12.0 Å². The Balaban J connectivity index is 1.82. The molecule has 1 unspecified atom stereocenters. The van der Waals surface area contributed by atoms with Crippen LogP contribution in [0.4, 0.5) is 14.5 Å². The lowest BCUT2D eigenvalue weighted by molar-refractivity contribution is 0.00556. The second-order valence-electron chi connectivity index (χ2n) is 5.34. The van der Waals surface area contributed by atoms with E-state index in [0.717, 1.165) is 18.5 Å². The highest BCUT2D eigenvalue weighted by molar-refractivity contribution is 6.17. The summed E-state index contributed by atoms with van der Waals surface area (Å²) in [5, 5.41) is 3.27. The lowest BCUT2D eigenvalue weighted by Crippen LogP contribution is -2.15. The zero-order valence-electron chi connectivity index (χ0n) is 11.0. The normalized spacial score (nSPS) is 21.5. The van der Waals surface area contributed by atoms with E-state index in [9.17, 15) is 8.78 Å². The van der Waals surface area contributed by atoms with Crippen LogP contribution in [0.3, 0.4) is 0 Å². The van der Waals surface area contributed by atoms with E-state index in [0.29, 0.717) is 18.8 Å². The van der Waals surface area contributed by atoms with Gasteiger partial charge in [0.1, 0.15) is 0 Å². The van der Waals surface area contributed by atoms with Crippen LogP contribution in [-0.4, -0.2) is 18.3 Å². The number of rotatable bonds is 6.